The number of nitrogens with one attached hydrogen (secondary N) is 2. The first-order valence-corrected chi connectivity index (χ1v) is 6.68. The summed E-state index contributed by atoms with van der Waals surface area (Å²) in [4.78, 5) is 28.2. The molecule has 0 radical (unpaired) electrons. The summed E-state index contributed by atoms with van der Waals surface area (Å²) in [6, 6.07) is 7.91. The summed E-state index contributed by atoms with van der Waals surface area (Å²) in [6.45, 7) is 3.13. The van der Waals surface area contributed by atoms with E-state index in [0.29, 0.717) is 5.69 Å². The highest BCUT2D eigenvalue weighted by Gasteiger charge is 2.30. The van der Waals surface area contributed by atoms with Gasteiger partial charge in [0.1, 0.15) is 6.04 Å². The van der Waals surface area contributed by atoms with E-state index in [1.165, 1.54) is 5.01 Å². The van der Waals surface area contributed by atoms with Gasteiger partial charge in [-0.15, -0.1) is 0 Å². The largest absolute Gasteiger partial charge is 0.394 e. The van der Waals surface area contributed by atoms with Crippen LogP contribution in [0, 0.1) is 0 Å². The van der Waals surface area contributed by atoms with E-state index in [2.05, 4.69) is 15.7 Å². The molecule has 0 bridgehead atoms. The van der Waals surface area contributed by atoms with E-state index in [0.717, 1.165) is 0 Å². The predicted octanol–water partition coefficient (Wildman–Crippen LogP) is -0.178. The van der Waals surface area contributed by atoms with Crippen LogP contribution in [0.15, 0.2) is 35.3 Å². The Morgan fingerprint density at radius 1 is 1.48 bits per heavy atom. The van der Waals surface area contributed by atoms with E-state index in [1.807, 2.05) is 6.07 Å². The molecule has 7 heteroatoms. The highest BCUT2D eigenvalue weighted by molar-refractivity contribution is 6.39. The Labute approximate surface area is 122 Å². The molecule has 3 N–H and O–H groups in total. The topological polar surface area (TPSA) is 94.0 Å². The number of amides is 2. The molecule has 1 aliphatic rings. The standard InChI is InChI=1S/C14H18N4O3/c1-9(8-19)15-13(20)12-16-10(2)14(21)18(17-12)11-6-4-3-5-7-11/h3-7,9-10,19H,8H2,1-2H3,(H,15,20)(H,16,17). The fourth-order valence-corrected chi connectivity index (χ4v) is 1.84. The van der Waals surface area contributed by atoms with Gasteiger partial charge in [-0.05, 0) is 26.0 Å². The van der Waals surface area contributed by atoms with E-state index in [4.69, 9.17) is 5.11 Å². The maximum atomic E-state index is 12.2. The van der Waals surface area contributed by atoms with Gasteiger partial charge in [0.15, 0.2) is 0 Å². The third-order valence-electron chi connectivity index (χ3n) is 3.00. The van der Waals surface area contributed by atoms with Crippen molar-refractivity contribution in [2.75, 3.05) is 11.6 Å². The van der Waals surface area contributed by atoms with Crippen molar-refractivity contribution in [3.63, 3.8) is 0 Å². The lowest BCUT2D eigenvalue weighted by Gasteiger charge is -2.30. The number of anilines is 1. The van der Waals surface area contributed by atoms with Crippen molar-refractivity contribution in [2.24, 2.45) is 4.99 Å². The SMILES string of the molecule is CC(CO)NC(=O)C1=NC(C)C(=O)N(c2ccccc2)N1. The van der Waals surface area contributed by atoms with Gasteiger partial charge in [-0.1, -0.05) is 18.2 Å². The molecule has 2 amide bonds. The average Bonchev–Trinajstić information content (AvgIpc) is 2.50. The zero-order valence-corrected chi connectivity index (χ0v) is 11.9. The average molecular weight is 290 g/mol. The van der Waals surface area contributed by atoms with E-state index >= 15 is 0 Å². The van der Waals surface area contributed by atoms with Crippen LogP contribution in [0.25, 0.3) is 0 Å². The van der Waals surface area contributed by atoms with E-state index < -0.39 is 11.9 Å². The molecule has 0 aliphatic carbocycles. The van der Waals surface area contributed by atoms with Gasteiger partial charge < -0.3 is 10.4 Å². The summed E-state index contributed by atoms with van der Waals surface area (Å²) in [5.74, 6) is -0.656. The van der Waals surface area contributed by atoms with Crippen LogP contribution < -0.4 is 15.8 Å². The fraction of sp³-hybridized carbons (Fsp3) is 0.357. The van der Waals surface area contributed by atoms with Crippen molar-refractivity contribution in [1.82, 2.24) is 10.7 Å². The van der Waals surface area contributed by atoms with Crippen LogP contribution in [0.1, 0.15) is 13.8 Å². The Balaban J connectivity index is 2.20. The second kappa shape index (κ2) is 6.36. The van der Waals surface area contributed by atoms with Crippen molar-refractivity contribution >= 4 is 23.3 Å². The number of amidine groups is 1. The number of aliphatic imine (C=N–C) groups is 1. The van der Waals surface area contributed by atoms with E-state index in [1.54, 1.807) is 38.1 Å². The Morgan fingerprint density at radius 2 is 2.14 bits per heavy atom. The van der Waals surface area contributed by atoms with Crippen LogP contribution in [-0.2, 0) is 9.59 Å². The van der Waals surface area contributed by atoms with E-state index in [-0.39, 0.29) is 24.4 Å². The van der Waals surface area contributed by atoms with Crippen molar-refractivity contribution in [3.8, 4) is 0 Å². The van der Waals surface area contributed by atoms with Crippen molar-refractivity contribution in [3.05, 3.63) is 30.3 Å². The van der Waals surface area contributed by atoms with Crippen LogP contribution in [0.3, 0.4) is 0 Å². The lowest BCUT2D eigenvalue weighted by Crippen LogP contribution is -2.58. The number of carbonyl (C=O) groups is 2. The molecule has 7 nitrogen and oxygen atoms in total. The quantitative estimate of drug-likeness (QED) is 0.717. The number of para-hydroxylation sites is 1. The number of hydrogen-bond donors (Lipinski definition) is 3. The zero-order valence-electron chi connectivity index (χ0n) is 11.9. The Bertz CT molecular complexity index is 559. The number of hydrogen-bond acceptors (Lipinski definition) is 5. The molecule has 1 heterocycles. The minimum Gasteiger partial charge on any atom is -0.394 e. The summed E-state index contributed by atoms with van der Waals surface area (Å²) < 4.78 is 0. The summed E-state index contributed by atoms with van der Waals surface area (Å²) in [7, 11) is 0. The molecule has 2 atom stereocenters. The van der Waals surface area contributed by atoms with E-state index in [9.17, 15) is 9.59 Å². The molecule has 0 spiro atoms. The summed E-state index contributed by atoms with van der Waals surface area (Å²) in [6.07, 6.45) is 0. The fourth-order valence-electron chi connectivity index (χ4n) is 1.84. The highest BCUT2D eigenvalue weighted by atomic mass is 16.3. The molecule has 1 aromatic carbocycles. The number of nitrogens with zero attached hydrogens (tertiary/aromatic N) is 2. The Kier molecular flexibility index (Phi) is 4.54. The number of rotatable bonds is 4. The highest BCUT2D eigenvalue weighted by Crippen LogP contribution is 2.15. The first kappa shape index (κ1) is 15.0. The Hall–Kier alpha value is -2.41. The molecule has 1 aliphatic heterocycles. The molecule has 0 saturated heterocycles. The number of carbonyl (C=O) groups excluding carboxylic acids is 2. The van der Waals surface area contributed by atoms with Gasteiger partial charge in [0.25, 0.3) is 11.8 Å². The lowest BCUT2D eigenvalue weighted by atomic mass is 10.2. The van der Waals surface area contributed by atoms with Crippen molar-refractivity contribution < 1.29 is 14.7 Å². The minimum absolute atomic E-state index is 0.0475. The molecule has 2 rings (SSSR count). The van der Waals surface area contributed by atoms with Crippen LogP contribution in [0.5, 0.6) is 0 Å². The molecular formula is C14H18N4O3. The summed E-state index contributed by atoms with van der Waals surface area (Å²) in [5, 5.41) is 12.9. The molecule has 0 fully saturated rings. The van der Waals surface area contributed by atoms with Crippen LogP contribution in [0.2, 0.25) is 0 Å². The second-order valence-electron chi connectivity index (χ2n) is 4.83. The molecule has 2 unspecified atom stereocenters. The Morgan fingerprint density at radius 3 is 2.76 bits per heavy atom. The molecule has 0 aromatic heterocycles. The lowest BCUT2D eigenvalue weighted by molar-refractivity contribution is -0.120. The third kappa shape index (κ3) is 3.38. The van der Waals surface area contributed by atoms with Gasteiger partial charge in [-0.2, -0.15) is 0 Å². The van der Waals surface area contributed by atoms with Gasteiger partial charge in [-0.25, -0.2) is 10.0 Å². The van der Waals surface area contributed by atoms with Crippen molar-refractivity contribution in [1.29, 1.82) is 0 Å². The van der Waals surface area contributed by atoms with Gasteiger partial charge in [0.05, 0.1) is 12.3 Å². The monoisotopic (exact) mass is 290 g/mol. The van der Waals surface area contributed by atoms with Crippen molar-refractivity contribution in [2.45, 2.75) is 25.9 Å². The number of aliphatic hydroxyl groups excluding tert-OH is 1. The molecule has 112 valence electrons. The number of aliphatic hydroxyl groups is 1. The van der Waals surface area contributed by atoms with Gasteiger partial charge in [0.2, 0.25) is 5.84 Å². The van der Waals surface area contributed by atoms with Crippen LogP contribution in [-0.4, -0.2) is 41.4 Å². The number of benzene rings is 1. The molecule has 21 heavy (non-hydrogen) atoms. The predicted molar refractivity (Wildman–Crippen MR) is 78.7 cm³/mol. The molecular weight excluding hydrogens is 272 g/mol. The first-order chi connectivity index (χ1) is 10.0. The summed E-state index contributed by atoms with van der Waals surface area (Å²) in [5.41, 5.74) is 3.35. The molecule has 1 aromatic rings. The zero-order chi connectivity index (χ0) is 15.4. The third-order valence-corrected chi connectivity index (χ3v) is 3.00. The smallest absolute Gasteiger partial charge is 0.288 e. The molecule has 0 saturated carbocycles. The van der Waals surface area contributed by atoms with Gasteiger partial charge >= 0.3 is 0 Å². The second-order valence-corrected chi connectivity index (χ2v) is 4.83. The first-order valence-electron chi connectivity index (χ1n) is 6.68. The maximum absolute atomic E-state index is 12.2. The number of hydrazine groups is 1. The summed E-state index contributed by atoms with van der Waals surface area (Å²) >= 11 is 0. The van der Waals surface area contributed by atoms with Gasteiger partial charge in [0, 0.05) is 6.04 Å². The van der Waals surface area contributed by atoms with Crippen LogP contribution >= 0.6 is 0 Å². The van der Waals surface area contributed by atoms with Crippen LogP contribution in [0.4, 0.5) is 5.69 Å². The normalized spacial score (nSPS) is 19.6. The van der Waals surface area contributed by atoms with Gasteiger partial charge in [-0.3, -0.25) is 15.0 Å². The maximum Gasteiger partial charge on any atom is 0.288 e. The minimum atomic E-state index is -0.656.